The van der Waals surface area contributed by atoms with Gasteiger partial charge in [-0.05, 0) is 11.8 Å². The lowest BCUT2D eigenvalue weighted by atomic mass is 10.2. The van der Waals surface area contributed by atoms with Gasteiger partial charge in [0.15, 0.2) is 0 Å². The highest BCUT2D eigenvalue weighted by Gasteiger charge is 2.44. The molecule has 1 heteroatoms. The van der Waals surface area contributed by atoms with E-state index >= 15 is 0 Å². The summed E-state index contributed by atoms with van der Waals surface area (Å²) in [6.07, 6.45) is 6.35. The van der Waals surface area contributed by atoms with Crippen molar-refractivity contribution in [3.63, 3.8) is 0 Å². The Balaban J connectivity index is 2.14. The topological polar surface area (TPSA) is 12.0 Å². The van der Waals surface area contributed by atoms with Gasteiger partial charge in [0.2, 0.25) is 0 Å². The summed E-state index contributed by atoms with van der Waals surface area (Å²) in [7, 11) is 0. The first-order valence-electron chi connectivity index (χ1n) is 3.33. The standard InChI is InChI=1S/C8H13N/c1-4-5-9-7-6-8(7,2)3/h1,7,9H,5-6H2,2-3H3. The van der Waals surface area contributed by atoms with Gasteiger partial charge in [0, 0.05) is 6.04 Å². The van der Waals surface area contributed by atoms with Crippen molar-refractivity contribution in [2.75, 3.05) is 6.54 Å². The maximum Gasteiger partial charge on any atom is 0.0576 e. The molecule has 1 aliphatic carbocycles. The van der Waals surface area contributed by atoms with Crippen molar-refractivity contribution in [3.05, 3.63) is 0 Å². The Bertz CT molecular complexity index is 141. The second-order valence-corrected chi connectivity index (χ2v) is 3.33. The molecule has 0 aromatic carbocycles. The Hall–Kier alpha value is -0.480. The van der Waals surface area contributed by atoms with Crippen LogP contribution in [-0.4, -0.2) is 12.6 Å². The lowest BCUT2D eigenvalue weighted by Gasteiger charge is -2.00. The molecule has 0 radical (unpaired) electrons. The van der Waals surface area contributed by atoms with Crippen LogP contribution in [0.2, 0.25) is 0 Å². The lowest BCUT2D eigenvalue weighted by Crippen LogP contribution is -2.20. The van der Waals surface area contributed by atoms with Crippen molar-refractivity contribution in [2.45, 2.75) is 26.3 Å². The van der Waals surface area contributed by atoms with E-state index in [0.29, 0.717) is 18.0 Å². The minimum absolute atomic E-state index is 0.511. The highest BCUT2D eigenvalue weighted by Crippen LogP contribution is 2.44. The molecule has 0 heterocycles. The van der Waals surface area contributed by atoms with Crippen molar-refractivity contribution in [1.82, 2.24) is 5.32 Å². The second-order valence-electron chi connectivity index (χ2n) is 3.33. The maximum absolute atomic E-state index is 5.08. The predicted octanol–water partition coefficient (Wildman–Crippen LogP) is 1.01. The molecular weight excluding hydrogens is 110 g/mol. The first-order valence-corrected chi connectivity index (χ1v) is 3.33. The quantitative estimate of drug-likeness (QED) is 0.540. The molecular formula is C8H13N. The first kappa shape index (κ1) is 6.64. The molecule has 1 fully saturated rings. The summed E-state index contributed by atoms with van der Waals surface area (Å²) in [5.74, 6) is 2.57. The van der Waals surface area contributed by atoms with Gasteiger partial charge in [0.05, 0.1) is 6.54 Å². The summed E-state index contributed by atoms with van der Waals surface area (Å²) in [5.41, 5.74) is 0.511. The van der Waals surface area contributed by atoms with E-state index in [-0.39, 0.29) is 0 Å². The summed E-state index contributed by atoms with van der Waals surface area (Å²) in [5, 5.41) is 3.26. The zero-order chi connectivity index (χ0) is 6.91. The SMILES string of the molecule is C#CCNC1CC1(C)C. The van der Waals surface area contributed by atoms with Crippen molar-refractivity contribution in [1.29, 1.82) is 0 Å². The number of terminal acetylenes is 1. The third-order valence-electron chi connectivity index (χ3n) is 1.96. The number of rotatable bonds is 2. The Kier molecular flexibility index (Phi) is 1.50. The largest absolute Gasteiger partial charge is 0.303 e. The second kappa shape index (κ2) is 2.04. The van der Waals surface area contributed by atoms with E-state index in [1.165, 1.54) is 6.42 Å². The van der Waals surface area contributed by atoms with Crippen LogP contribution in [0.3, 0.4) is 0 Å². The summed E-state index contributed by atoms with van der Waals surface area (Å²) in [4.78, 5) is 0. The zero-order valence-electron chi connectivity index (χ0n) is 6.07. The number of hydrogen-bond acceptors (Lipinski definition) is 1. The monoisotopic (exact) mass is 123 g/mol. The van der Waals surface area contributed by atoms with Gasteiger partial charge in [0.1, 0.15) is 0 Å². The Morgan fingerprint density at radius 1 is 1.78 bits per heavy atom. The maximum atomic E-state index is 5.08. The van der Waals surface area contributed by atoms with Gasteiger partial charge in [-0.3, -0.25) is 0 Å². The fraction of sp³-hybridized carbons (Fsp3) is 0.750. The molecule has 0 spiro atoms. The Morgan fingerprint density at radius 3 is 2.67 bits per heavy atom. The van der Waals surface area contributed by atoms with Gasteiger partial charge in [-0.2, -0.15) is 0 Å². The molecule has 1 N–H and O–H groups in total. The molecule has 1 rings (SSSR count). The van der Waals surface area contributed by atoms with Gasteiger partial charge in [-0.15, -0.1) is 6.42 Å². The number of nitrogens with one attached hydrogen (secondary N) is 1. The third-order valence-corrected chi connectivity index (χ3v) is 1.96. The van der Waals surface area contributed by atoms with E-state index < -0.39 is 0 Å². The van der Waals surface area contributed by atoms with E-state index in [9.17, 15) is 0 Å². The lowest BCUT2D eigenvalue weighted by molar-refractivity contribution is 0.564. The predicted molar refractivity (Wildman–Crippen MR) is 39.0 cm³/mol. The van der Waals surface area contributed by atoms with Gasteiger partial charge in [-0.25, -0.2) is 0 Å². The first-order chi connectivity index (χ1) is 4.17. The molecule has 9 heavy (non-hydrogen) atoms. The van der Waals surface area contributed by atoms with Crippen LogP contribution in [0.15, 0.2) is 0 Å². The molecule has 1 atom stereocenters. The fourth-order valence-electron chi connectivity index (χ4n) is 0.998. The van der Waals surface area contributed by atoms with Crippen LogP contribution in [-0.2, 0) is 0 Å². The van der Waals surface area contributed by atoms with Crippen LogP contribution in [0.25, 0.3) is 0 Å². The fourth-order valence-corrected chi connectivity index (χ4v) is 0.998. The van der Waals surface area contributed by atoms with E-state index in [0.717, 1.165) is 0 Å². The average Bonchev–Trinajstić information content (AvgIpc) is 2.35. The molecule has 1 aliphatic rings. The van der Waals surface area contributed by atoms with Crippen LogP contribution in [0.4, 0.5) is 0 Å². The molecule has 1 saturated carbocycles. The summed E-state index contributed by atoms with van der Waals surface area (Å²) < 4.78 is 0. The minimum atomic E-state index is 0.511. The van der Waals surface area contributed by atoms with E-state index in [1.807, 2.05) is 0 Å². The molecule has 0 saturated heterocycles. The van der Waals surface area contributed by atoms with Crippen molar-refractivity contribution < 1.29 is 0 Å². The number of hydrogen-bond donors (Lipinski definition) is 1. The zero-order valence-corrected chi connectivity index (χ0v) is 6.07. The Labute approximate surface area is 56.8 Å². The van der Waals surface area contributed by atoms with Crippen LogP contribution in [0.5, 0.6) is 0 Å². The summed E-state index contributed by atoms with van der Waals surface area (Å²) in [6.45, 7) is 5.22. The smallest absolute Gasteiger partial charge is 0.0576 e. The van der Waals surface area contributed by atoms with Gasteiger partial charge < -0.3 is 5.32 Å². The molecule has 50 valence electrons. The van der Waals surface area contributed by atoms with Crippen LogP contribution >= 0.6 is 0 Å². The summed E-state index contributed by atoms with van der Waals surface area (Å²) >= 11 is 0. The average molecular weight is 123 g/mol. The normalized spacial score (nSPS) is 29.2. The molecule has 0 aliphatic heterocycles. The van der Waals surface area contributed by atoms with Gasteiger partial charge in [-0.1, -0.05) is 19.8 Å². The van der Waals surface area contributed by atoms with Gasteiger partial charge >= 0.3 is 0 Å². The molecule has 1 nitrogen and oxygen atoms in total. The Morgan fingerprint density at radius 2 is 2.33 bits per heavy atom. The van der Waals surface area contributed by atoms with Crippen LogP contribution < -0.4 is 5.32 Å². The highest BCUT2D eigenvalue weighted by molar-refractivity contribution is 5.03. The molecule has 0 aromatic rings. The van der Waals surface area contributed by atoms with Crippen LogP contribution in [0.1, 0.15) is 20.3 Å². The molecule has 1 unspecified atom stereocenters. The van der Waals surface area contributed by atoms with Crippen molar-refractivity contribution in [3.8, 4) is 12.3 Å². The van der Waals surface area contributed by atoms with E-state index in [1.54, 1.807) is 0 Å². The van der Waals surface area contributed by atoms with Crippen LogP contribution in [0, 0.1) is 17.8 Å². The van der Waals surface area contributed by atoms with E-state index in [2.05, 4.69) is 25.1 Å². The molecule has 0 amide bonds. The van der Waals surface area contributed by atoms with Crippen molar-refractivity contribution in [2.24, 2.45) is 5.41 Å². The van der Waals surface area contributed by atoms with Gasteiger partial charge in [0.25, 0.3) is 0 Å². The summed E-state index contributed by atoms with van der Waals surface area (Å²) in [6, 6.07) is 0.675. The van der Waals surface area contributed by atoms with E-state index in [4.69, 9.17) is 6.42 Å². The minimum Gasteiger partial charge on any atom is -0.303 e. The molecule has 0 aromatic heterocycles. The van der Waals surface area contributed by atoms with Crippen molar-refractivity contribution >= 4 is 0 Å². The molecule has 0 bridgehead atoms. The third kappa shape index (κ3) is 1.46. The highest BCUT2D eigenvalue weighted by atomic mass is 15.0.